The first-order chi connectivity index (χ1) is 29.4. The Bertz CT molecular complexity index is 2940. The van der Waals surface area contributed by atoms with Gasteiger partial charge in [0.25, 0.3) is 0 Å². The van der Waals surface area contributed by atoms with Gasteiger partial charge in [0.1, 0.15) is 0 Å². The highest BCUT2D eigenvalue weighted by Crippen LogP contribution is 2.56. The molecule has 230 valence electrons. The fourth-order valence-corrected chi connectivity index (χ4v) is 6.41. The van der Waals surface area contributed by atoms with Crippen molar-refractivity contribution in [3.8, 4) is 67.5 Å². The molecule has 2 aliphatic rings. The minimum atomic E-state index is -2.51. The first-order valence-corrected chi connectivity index (χ1v) is 15.8. The van der Waals surface area contributed by atoms with E-state index in [9.17, 15) is 9.60 Å². The summed E-state index contributed by atoms with van der Waals surface area (Å²) in [6.07, 6.45) is -5.31. The predicted molar refractivity (Wildman–Crippen MR) is 196 cm³/mol. The summed E-state index contributed by atoms with van der Waals surface area (Å²) in [4.78, 5) is 14.3. The Balaban J connectivity index is 1.29. The third-order valence-electron chi connectivity index (χ3n) is 8.70. The summed E-state index contributed by atoms with van der Waals surface area (Å²) >= 11 is 0. The maximum absolute atomic E-state index is 9.80. The predicted octanol–water partition coefficient (Wildman–Crippen LogP) is 11.4. The fourth-order valence-electron chi connectivity index (χ4n) is 6.41. The number of aromatic nitrogens is 3. The first-order valence-electron chi connectivity index (χ1n) is 22.8. The highest BCUT2D eigenvalue weighted by Gasteiger charge is 2.43. The number of benzene rings is 6. The molecule has 1 fully saturated rings. The van der Waals surface area contributed by atoms with Crippen LogP contribution in [0.3, 0.4) is 0 Å². The van der Waals surface area contributed by atoms with Gasteiger partial charge in [-0.3, -0.25) is 0 Å². The summed E-state index contributed by atoms with van der Waals surface area (Å²) in [6.45, 7) is 0. The number of fused-ring (bicyclic) bond motifs is 5. The molecule has 0 bridgehead atoms. The maximum atomic E-state index is 9.80. The van der Waals surface area contributed by atoms with Crippen LogP contribution < -0.4 is 0 Å². The molecule has 3 nitrogen and oxygen atoms in total. The summed E-state index contributed by atoms with van der Waals surface area (Å²) in [5, 5.41) is 0. The zero-order valence-electron chi connectivity index (χ0n) is 39.6. The van der Waals surface area contributed by atoms with E-state index < -0.39 is 78.6 Å². The third kappa shape index (κ3) is 4.94. The van der Waals surface area contributed by atoms with E-state index in [1.54, 1.807) is 24.3 Å². The fraction of sp³-hybridized carbons (Fsp3) is 0.133. The van der Waals surface area contributed by atoms with Crippen LogP contribution in [-0.2, 0) is 5.41 Å². The topological polar surface area (TPSA) is 38.7 Å². The molecule has 0 radical (unpaired) electrons. The van der Waals surface area contributed by atoms with Crippen molar-refractivity contribution in [2.24, 2.45) is 0 Å². The van der Waals surface area contributed by atoms with Crippen molar-refractivity contribution in [2.75, 3.05) is 0 Å². The lowest BCUT2D eigenvalue weighted by Gasteiger charge is -2.36. The molecule has 1 saturated carbocycles. The summed E-state index contributed by atoms with van der Waals surface area (Å²) in [7, 11) is 0. The molecule has 0 unspecified atom stereocenters. The number of hydrogen-bond acceptors (Lipinski definition) is 3. The van der Waals surface area contributed by atoms with Gasteiger partial charge in [-0.05, 0) is 75.4 Å². The molecule has 7 aromatic rings. The van der Waals surface area contributed by atoms with Crippen molar-refractivity contribution >= 4 is 0 Å². The average Bonchev–Trinajstić information content (AvgIpc) is 3.58. The van der Waals surface area contributed by atoms with E-state index in [1.165, 1.54) is 6.07 Å². The molecule has 0 N–H and O–H groups in total. The van der Waals surface area contributed by atoms with E-state index in [-0.39, 0.29) is 69.6 Å². The highest BCUT2D eigenvalue weighted by atomic mass is 15.0. The van der Waals surface area contributed by atoms with Crippen LogP contribution in [0.5, 0.6) is 0 Å². The quantitative estimate of drug-likeness (QED) is 0.190. The Morgan fingerprint density at radius 1 is 0.458 bits per heavy atom. The van der Waals surface area contributed by atoms with Gasteiger partial charge in [0.15, 0.2) is 17.5 Å². The van der Waals surface area contributed by atoms with Crippen molar-refractivity contribution < 1.29 is 19.2 Å². The summed E-state index contributed by atoms with van der Waals surface area (Å²) in [5.74, 6) is 1.08. The van der Waals surface area contributed by atoms with Crippen LogP contribution in [0.2, 0.25) is 0 Å². The molecule has 2 aliphatic carbocycles. The van der Waals surface area contributed by atoms with Crippen LogP contribution in [-0.4, -0.2) is 15.0 Å². The van der Waals surface area contributed by atoms with Gasteiger partial charge in [-0.25, -0.2) is 15.0 Å². The van der Waals surface area contributed by atoms with Crippen LogP contribution >= 0.6 is 0 Å². The van der Waals surface area contributed by atoms with Gasteiger partial charge in [-0.15, -0.1) is 0 Å². The van der Waals surface area contributed by atoms with Gasteiger partial charge in [0, 0.05) is 27.6 Å². The van der Waals surface area contributed by atoms with Crippen molar-refractivity contribution in [1.82, 2.24) is 15.0 Å². The second kappa shape index (κ2) is 11.8. The first kappa shape index (κ1) is 17.5. The third-order valence-corrected chi connectivity index (χ3v) is 8.70. The molecule has 0 amide bonds. The van der Waals surface area contributed by atoms with Crippen LogP contribution in [0.25, 0.3) is 67.5 Å². The van der Waals surface area contributed by atoms with Crippen molar-refractivity contribution in [1.29, 1.82) is 0 Å². The monoisotopic (exact) mass is 631 g/mol. The lowest BCUT2D eigenvalue weighted by molar-refractivity contribution is 0.353. The molecule has 6 aromatic carbocycles. The smallest absolute Gasteiger partial charge is 0.164 e. The Morgan fingerprint density at radius 2 is 1.04 bits per heavy atom. The van der Waals surface area contributed by atoms with Gasteiger partial charge in [-0.1, -0.05) is 153 Å². The summed E-state index contributed by atoms with van der Waals surface area (Å²) in [5.41, 5.74) is -2.05. The van der Waals surface area contributed by atoms with Crippen molar-refractivity contribution in [3.05, 3.63) is 163 Å². The van der Waals surface area contributed by atoms with Gasteiger partial charge < -0.3 is 0 Å². The Kier molecular flexibility index (Phi) is 4.31. The van der Waals surface area contributed by atoms with Gasteiger partial charge >= 0.3 is 0 Å². The van der Waals surface area contributed by atoms with E-state index in [4.69, 9.17) is 24.5 Å². The minimum absolute atomic E-state index is 0.100. The maximum Gasteiger partial charge on any atom is 0.164 e. The normalized spacial score (nSPS) is 20.7. The molecule has 48 heavy (non-hydrogen) atoms. The SMILES string of the molecule is [2H]c1cc2c(c([2H])c1-c1c([2H])c([2H])c([2H])c(-c3cccc(-c4nc(-c5ccccc5)nc(-c5ccccc5)n4)c3)c1[2H])C1(c3c([2H])c([2H])c([2H])c([2H])c3-2)C([2H])([2H])CCCC1([2H])[2H]. The van der Waals surface area contributed by atoms with E-state index in [0.717, 1.165) is 11.1 Å². The molecule has 0 saturated heterocycles. The second-order valence-electron chi connectivity index (χ2n) is 11.7. The molecule has 3 heteroatoms. The Labute approximate surface area is 301 Å². The molecular formula is C45H35N3. The molecule has 0 aliphatic heterocycles. The van der Waals surface area contributed by atoms with E-state index in [2.05, 4.69) is 0 Å². The Morgan fingerprint density at radius 3 is 1.75 bits per heavy atom. The van der Waals surface area contributed by atoms with Gasteiger partial charge in [0.05, 0.1) is 13.7 Å². The van der Waals surface area contributed by atoms with E-state index in [0.29, 0.717) is 17.2 Å². The van der Waals surface area contributed by atoms with Crippen molar-refractivity contribution in [3.63, 3.8) is 0 Å². The molecular weight excluding hydrogens is 583 g/mol. The Hall–Kier alpha value is -5.67. The summed E-state index contributed by atoms with van der Waals surface area (Å²) < 4.78 is 129. The largest absolute Gasteiger partial charge is 0.208 e. The van der Waals surface area contributed by atoms with Crippen LogP contribution in [0.15, 0.2) is 151 Å². The lowest BCUT2D eigenvalue weighted by Crippen LogP contribution is -2.28. The molecule has 1 aromatic heterocycles. The zero-order valence-corrected chi connectivity index (χ0v) is 25.6. The van der Waals surface area contributed by atoms with Gasteiger partial charge in [-0.2, -0.15) is 0 Å². The number of rotatable bonds is 5. The molecule has 1 spiro atoms. The molecule has 0 atom stereocenters. The van der Waals surface area contributed by atoms with E-state index in [1.807, 2.05) is 60.7 Å². The zero-order chi connectivity index (χ0) is 44.2. The molecule has 1 heterocycles. The molecule has 9 rings (SSSR count). The van der Waals surface area contributed by atoms with Crippen LogP contribution in [0.1, 0.15) is 62.3 Å². The van der Waals surface area contributed by atoms with Gasteiger partial charge in [0.2, 0.25) is 0 Å². The highest BCUT2D eigenvalue weighted by molar-refractivity contribution is 5.85. The van der Waals surface area contributed by atoms with E-state index >= 15 is 0 Å². The minimum Gasteiger partial charge on any atom is -0.208 e. The number of hydrogen-bond donors (Lipinski definition) is 0. The standard InChI is InChI=1S/C45H35N3/c1-4-14-31(15-5-1)42-46-43(32-16-6-2-7-17-32)48-44(47-42)37-21-13-20-35(29-37)33-18-12-19-34(28-33)36-24-25-39-38-22-8-9-23-40(38)45(41(39)30-36)26-10-3-11-27-45/h1-2,4-9,12-25,28-30H,3,10-11,26-27H2/i8D,9D,12D,18D,19D,22D,23D,24D,26D2,27D2,28D,30D. The number of nitrogens with zero attached hydrogens (tertiary/aromatic N) is 3. The average molecular weight is 632 g/mol. The second-order valence-corrected chi connectivity index (χ2v) is 11.7. The van der Waals surface area contributed by atoms with Crippen LogP contribution in [0.4, 0.5) is 0 Å². The lowest BCUT2D eigenvalue weighted by atomic mass is 9.67. The van der Waals surface area contributed by atoms with Crippen LogP contribution in [0, 0.1) is 0 Å². The van der Waals surface area contributed by atoms with Crippen molar-refractivity contribution in [2.45, 2.75) is 37.4 Å². The summed E-state index contributed by atoms with van der Waals surface area (Å²) in [6, 6.07) is 20.7.